The SMILES string of the molecule is CCOC(=O)C1=CN(C(C)(C)C)C=C(C(=O)OCC)C1c1ccccc1. The Morgan fingerprint density at radius 2 is 1.38 bits per heavy atom. The van der Waals surface area contributed by atoms with Crippen LogP contribution in [0.1, 0.15) is 46.1 Å². The Balaban J connectivity index is 2.61. The molecule has 1 heterocycles. The van der Waals surface area contributed by atoms with E-state index in [4.69, 9.17) is 9.47 Å². The minimum atomic E-state index is -0.520. The van der Waals surface area contributed by atoms with Gasteiger partial charge in [0.2, 0.25) is 0 Å². The van der Waals surface area contributed by atoms with Crippen LogP contribution in [0.4, 0.5) is 0 Å². The number of carbonyl (C=O) groups excluding carboxylic acids is 2. The molecule has 0 unspecified atom stereocenters. The van der Waals surface area contributed by atoms with Crippen LogP contribution in [0.2, 0.25) is 0 Å². The maximum Gasteiger partial charge on any atom is 0.336 e. The molecule has 0 saturated heterocycles. The highest BCUT2D eigenvalue weighted by atomic mass is 16.5. The maximum atomic E-state index is 12.7. The van der Waals surface area contributed by atoms with Crippen LogP contribution in [0.15, 0.2) is 53.9 Å². The van der Waals surface area contributed by atoms with Crippen LogP contribution in [0.3, 0.4) is 0 Å². The van der Waals surface area contributed by atoms with Crippen molar-refractivity contribution in [3.8, 4) is 0 Å². The highest BCUT2D eigenvalue weighted by molar-refractivity contribution is 5.98. The van der Waals surface area contributed by atoms with E-state index in [-0.39, 0.29) is 18.8 Å². The summed E-state index contributed by atoms with van der Waals surface area (Å²) in [6.45, 7) is 10.1. The molecule has 1 aromatic rings. The zero-order chi connectivity index (χ0) is 19.3. The Kier molecular flexibility index (Phi) is 6.24. The van der Waals surface area contributed by atoms with Gasteiger partial charge in [-0.15, -0.1) is 0 Å². The summed E-state index contributed by atoms with van der Waals surface area (Å²) in [5.74, 6) is -1.37. The van der Waals surface area contributed by atoms with E-state index in [1.165, 1.54) is 0 Å². The molecule has 26 heavy (non-hydrogen) atoms. The molecular weight excluding hydrogens is 330 g/mol. The van der Waals surface area contributed by atoms with Gasteiger partial charge in [-0.05, 0) is 40.2 Å². The molecule has 0 amide bonds. The lowest BCUT2D eigenvalue weighted by molar-refractivity contribution is -0.139. The molecule has 140 valence electrons. The molecule has 0 atom stereocenters. The van der Waals surface area contributed by atoms with Gasteiger partial charge in [-0.2, -0.15) is 0 Å². The van der Waals surface area contributed by atoms with E-state index in [1.54, 1.807) is 26.2 Å². The minimum absolute atomic E-state index is 0.269. The zero-order valence-corrected chi connectivity index (χ0v) is 16.1. The normalized spacial score (nSPS) is 15.2. The topological polar surface area (TPSA) is 55.8 Å². The average molecular weight is 357 g/mol. The van der Waals surface area contributed by atoms with Gasteiger partial charge in [-0.25, -0.2) is 9.59 Å². The fraction of sp³-hybridized carbons (Fsp3) is 0.429. The molecule has 0 saturated carbocycles. The number of rotatable bonds is 5. The summed E-state index contributed by atoms with van der Waals surface area (Å²) in [4.78, 5) is 27.2. The van der Waals surface area contributed by atoms with Crippen LogP contribution < -0.4 is 0 Å². The van der Waals surface area contributed by atoms with E-state index in [9.17, 15) is 9.59 Å². The molecule has 2 rings (SSSR count). The molecule has 0 fully saturated rings. The number of benzene rings is 1. The molecule has 1 aliphatic heterocycles. The van der Waals surface area contributed by atoms with E-state index < -0.39 is 17.9 Å². The summed E-state index contributed by atoms with van der Waals surface area (Å²) in [6, 6.07) is 9.47. The van der Waals surface area contributed by atoms with Crippen molar-refractivity contribution in [2.45, 2.75) is 46.1 Å². The number of hydrogen-bond acceptors (Lipinski definition) is 5. The van der Waals surface area contributed by atoms with Gasteiger partial charge in [0, 0.05) is 17.9 Å². The van der Waals surface area contributed by atoms with Gasteiger partial charge in [-0.3, -0.25) is 0 Å². The summed E-state index contributed by atoms with van der Waals surface area (Å²) in [5, 5.41) is 0. The van der Waals surface area contributed by atoms with Crippen molar-refractivity contribution >= 4 is 11.9 Å². The second-order valence-corrected chi connectivity index (χ2v) is 7.03. The van der Waals surface area contributed by atoms with Gasteiger partial charge in [0.15, 0.2) is 0 Å². The van der Waals surface area contributed by atoms with Gasteiger partial charge >= 0.3 is 11.9 Å². The van der Waals surface area contributed by atoms with E-state index in [0.29, 0.717) is 11.1 Å². The summed E-state index contributed by atoms with van der Waals surface area (Å²) in [5.41, 5.74) is 1.40. The molecule has 1 aliphatic rings. The fourth-order valence-electron chi connectivity index (χ4n) is 2.82. The molecule has 0 N–H and O–H groups in total. The first-order valence-corrected chi connectivity index (χ1v) is 8.90. The van der Waals surface area contributed by atoms with Gasteiger partial charge < -0.3 is 14.4 Å². The van der Waals surface area contributed by atoms with Crippen LogP contribution in [0.5, 0.6) is 0 Å². The zero-order valence-electron chi connectivity index (χ0n) is 16.1. The molecule has 5 nitrogen and oxygen atoms in total. The second-order valence-electron chi connectivity index (χ2n) is 7.03. The lowest BCUT2D eigenvalue weighted by Crippen LogP contribution is -2.38. The largest absolute Gasteiger partial charge is 0.463 e. The molecule has 0 aliphatic carbocycles. The number of hydrogen-bond donors (Lipinski definition) is 0. The van der Waals surface area contributed by atoms with Crippen molar-refractivity contribution in [3.05, 3.63) is 59.4 Å². The van der Waals surface area contributed by atoms with E-state index in [1.807, 2.05) is 56.0 Å². The third kappa shape index (κ3) is 4.34. The Hall–Kier alpha value is -2.56. The van der Waals surface area contributed by atoms with Gasteiger partial charge in [0.25, 0.3) is 0 Å². The predicted octanol–water partition coefficient (Wildman–Crippen LogP) is 3.78. The number of ether oxygens (including phenoxy) is 2. The molecular formula is C21H27NO4. The van der Waals surface area contributed by atoms with Gasteiger partial charge in [0.1, 0.15) is 0 Å². The summed E-state index contributed by atoms with van der Waals surface area (Å²) in [6.07, 6.45) is 3.55. The predicted molar refractivity (Wildman–Crippen MR) is 100 cm³/mol. The van der Waals surface area contributed by atoms with Crippen LogP contribution in [-0.2, 0) is 19.1 Å². The third-order valence-corrected chi connectivity index (χ3v) is 4.11. The first-order chi connectivity index (χ1) is 12.3. The molecule has 1 aromatic carbocycles. The van der Waals surface area contributed by atoms with Crippen molar-refractivity contribution in [1.29, 1.82) is 0 Å². The minimum Gasteiger partial charge on any atom is -0.463 e. The summed E-state index contributed by atoms with van der Waals surface area (Å²) >= 11 is 0. The molecule has 0 spiro atoms. The van der Waals surface area contributed by atoms with Crippen molar-refractivity contribution < 1.29 is 19.1 Å². The Bertz CT molecular complexity index is 677. The van der Waals surface area contributed by atoms with E-state index >= 15 is 0 Å². The van der Waals surface area contributed by atoms with E-state index in [0.717, 1.165) is 5.56 Å². The van der Waals surface area contributed by atoms with Gasteiger partial charge in [-0.1, -0.05) is 30.3 Å². The highest BCUT2D eigenvalue weighted by Gasteiger charge is 2.37. The Morgan fingerprint density at radius 3 is 1.77 bits per heavy atom. The van der Waals surface area contributed by atoms with Crippen molar-refractivity contribution in [1.82, 2.24) is 4.90 Å². The monoisotopic (exact) mass is 357 g/mol. The summed E-state index contributed by atoms with van der Waals surface area (Å²) < 4.78 is 10.5. The molecule has 0 aromatic heterocycles. The van der Waals surface area contributed by atoms with Crippen molar-refractivity contribution in [2.24, 2.45) is 0 Å². The molecule has 0 bridgehead atoms. The standard InChI is InChI=1S/C21H27NO4/c1-6-25-19(23)16-13-22(21(3,4)5)14-17(20(24)26-7-2)18(16)15-11-9-8-10-12-15/h8-14,18H,6-7H2,1-5H3. The molecule has 5 heteroatoms. The lowest BCUT2D eigenvalue weighted by Gasteiger charge is -2.38. The van der Waals surface area contributed by atoms with Crippen molar-refractivity contribution in [3.63, 3.8) is 0 Å². The highest BCUT2D eigenvalue weighted by Crippen LogP contribution is 2.38. The smallest absolute Gasteiger partial charge is 0.336 e. The third-order valence-electron chi connectivity index (χ3n) is 4.11. The quantitative estimate of drug-likeness (QED) is 0.751. The lowest BCUT2D eigenvalue weighted by atomic mass is 9.82. The van der Waals surface area contributed by atoms with E-state index in [2.05, 4.69) is 0 Å². The maximum absolute atomic E-state index is 12.7. The van der Waals surface area contributed by atoms with Gasteiger partial charge in [0.05, 0.1) is 30.3 Å². The Morgan fingerprint density at radius 1 is 0.923 bits per heavy atom. The molecule has 0 radical (unpaired) electrons. The first kappa shape index (κ1) is 19.8. The first-order valence-electron chi connectivity index (χ1n) is 8.90. The van der Waals surface area contributed by atoms with Crippen LogP contribution in [0.25, 0.3) is 0 Å². The van der Waals surface area contributed by atoms with Crippen LogP contribution in [-0.4, -0.2) is 35.6 Å². The fourth-order valence-corrected chi connectivity index (χ4v) is 2.82. The second kappa shape index (κ2) is 8.21. The number of nitrogens with zero attached hydrogens (tertiary/aromatic N) is 1. The Labute approximate surface area is 155 Å². The average Bonchev–Trinajstić information content (AvgIpc) is 2.61. The van der Waals surface area contributed by atoms with Crippen molar-refractivity contribution in [2.75, 3.05) is 13.2 Å². The summed E-state index contributed by atoms with van der Waals surface area (Å²) in [7, 11) is 0. The number of esters is 2. The number of carbonyl (C=O) groups is 2. The van der Waals surface area contributed by atoms with Crippen LogP contribution in [0, 0.1) is 0 Å². The van der Waals surface area contributed by atoms with Crippen LogP contribution >= 0.6 is 0 Å².